The van der Waals surface area contributed by atoms with E-state index in [0.717, 1.165) is 4.90 Å². The van der Waals surface area contributed by atoms with Crippen LogP contribution in [-0.2, 0) is 10.8 Å². The summed E-state index contributed by atoms with van der Waals surface area (Å²) in [4.78, 5) is 0.973. The van der Waals surface area contributed by atoms with Gasteiger partial charge < -0.3 is 0 Å². The molecule has 1 rings (SSSR count). The molecular weight excluding hydrogens is 467 g/mol. The Hall–Kier alpha value is -0.0913. The van der Waals surface area contributed by atoms with Crippen LogP contribution < -0.4 is 0 Å². The van der Waals surface area contributed by atoms with E-state index in [1.54, 1.807) is 3.59 Å². The van der Waals surface area contributed by atoms with Crippen molar-refractivity contribution < 1.29 is 4.21 Å². The van der Waals surface area contributed by atoms with Gasteiger partial charge in [0.2, 0.25) is 0 Å². The van der Waals surface area contributed by atoms with Gasteiger partial charge in [-0.2, -0.15) is 0 Å². The molecular formula is C25H44OSSn. The predicted molar refractivity (Wildman–Crippen MR) is 130 cm³/mol. The summed E-state index contributed by atoms with van der Waals surface area (Å²) in [5.41, 5.74) is 1.23. The molecule has 1 nitrogen and oxygen atoms in total. The van der Waals surface area contributed by atoms with Gasteiger partial charge in [-0.15, -0.1) is 0 Å². The number of hydrogen-bond acceptors (Lipinski definition) is 1. The van der Waals surface area contributed by atoms with Gasteiger partial charge in [-0.05, 0) is 0 Å². The van der Waals surface area contributed by atoms with Crippen LogP contribution in [0.3, 0.4) is 0 Å². The molecule has 0 saturated carbocycles. The van der Waals surface area contributed by atoms with Gasteiger partial charge in [0, 0.05) is 0 Å². The van der Waals surface area contributed by atoms with Crippen LogP contribution in [0.2, 0.25) is 13.3 Å². The van der Waals surface area contributed by atoms with E-state index in [2.05, 4.69) is 64.3 Å². The normalized spacial score (nSPS) is 13.7. The zero-order chi connectivity index (χ0) is 20.8. The van der Waals surface area contributed by atoms with Gasteiger partial charge in [0.05, 0.1) is 0 Å². The number of rotatable bonds is 15. The van der Waals surface area contributed by atoms with Crippen LogP contribution >= 0.6 is 0 Å². The second kappa shape index (κ2) is 14.8. The van der Waals surface area contributed by atoms with Crippen LogP contribution in [0, 0.1) is 6.92 Å². The molecule has 0 spiro atoms. The first-order valence-corrected chi connectivity index (χ1v) is 20.4. The first-order valence-electron chi connectivity index (χ1n) is 11.7. The van der Waals surface area contributed by atoms with Gasteiger partial charge in [0.1, 0.15) is 0 Å². The third kappa shape index (κ3) is 8.73. The van der Waals surface area contributed by atoms with Crippen molar-refractivity contribution in [1.29, 1.82) is 0 Å². The average Bonchev–Trinajstić information content (AvgIpc) is 2.71. The summed E-state index contributed by atoms with van der Waals surface area (Å²) in [7, 11) is -0.998. The van der Waals surface area contributed by atoms with Crippen molar-refractivity contribution in [3.05, 3.63) is 38.8 Å². The summed E-state index contributed by atoms with van der Waals surface area (Å²) >= 11 is -2.49. The minimum absolute atomic E-state index is 0.973. The van der Waals surface area contributed by atoms with E-state index >= 15 is 0 Å². The zero-order valence-electron chi connectivity index (χ0n) is 19.2. The number of unbranched alkanes of at least 4 members (excludes halogenated alkanes) is 4. The molecule has 0 aliphatic carbocycles. The average molecular weight is 511 g/mol. The van der Waals surface area contributed by atoms with Crippen LogP contribution in [0.5, 0.6) is 0 Å². The third-order valence-electron chi connectivity index (χ3n) is 6.01. The van der Waals surface area contributed by atoms with E-state index in [9.17, 15) is 4.21 Å². The van der Waals surface area contributed by atoms with Crippen LogP contribution in [0.25, 0.3) is 0 Å². The van der Waals surface area contributed by atoms with Crippen molar-refractivity contribution in [3.63, 3.8) is 0 Å². The zero-order valence-corrected chi connectivity index (χ0v) is 22.9. The molecule has 160 valence electrons. The molecule has 0 radical (unpaired) electrons. The van der Waals surface area contributed by atoms with Gasteiger partial charge in [-0.3, -0.25) is 0 Å². The Bertz CT molecular complexity index is 569. The van der Waals surface area contributed by atoms with E-state index in [0.29, 0.717) is 0 Å². The van der Waals surface area contributed by atoms with Gasteiger partial charge in [0.15, 0.2) is 0 Å². The first kappa shape index (κ1) is 25.9. The molecule has 0 aliphatic heterocycles. The van der Waals surface area contributed by atoms with Gasteiger partial charge in [0.25, 0.3) is 0 Å². The number of allylic oxidation sites excluding steroid dienone is 1. The van der Waals surface area contributed by atoms with Gasteiger partial charge >= 0.3 is 183 Å². The van der Waals surface area contributed by atoms with Crippen molar-refractivity contribution in [2.75, 3.05) is 0 Å². The molecule has 0 bridgehead atoms. The van der Waals surface area contributed by atoms with Crippen LogP contribution in [0.1, 0.15) is 91.0 Å². The molecule has 0 heterocycles. The minimum atomic E-state index is -2.49. The molecule has 1 aromatic carbocycles. The topological polar surface area (TPSA) is 17.1 Å². The van der Waals surface area contributed by atoms with E-state index in [1.165, 1.54) is 76.7 Å². The van der Waals surface area contributed by atoms with Crippen LogP contribution in [0.4, 0.5) is 0 Å². The number of hydrogen-bond donors (Lipinski definition) is 0. The Labute approximate surface area is 182 Å². The van der Waals surface area contributed by atoms with Crippen LogP contribution in [0.15, 0.2) is 38.2 Å². The standard InChI is InChI=1S/C13H17OS.3C4H9.Sn/c1-3-4-5-6-11-15(14)13-9-7-12(2)8-10-13;3*1-3-4-2;/h7-11H,3-5H2,1-2H3;3*1,3-4H2,2H3;/t15-;;;;/m1..../s1. The quantitative estimate of drug-likeness (QED) is 0.216. The fourth-order valence-electron chi connectivity index (χ4n) is 4.09. The van der Waals surface area contributed by atoms with Crippen molar-refractivity contribution in [3.8, 4) is 0 Å². The summed E-state index contributed by atoms with van der Waals surface area (Å²) in [5.74, 6) is 0. The number of benzene rings is 1. The molecule has 0 saturated heterocycles. The second-order valence-electron chi connectivity index (χ2n) is 8.45. The van der Waals surface area contributed by atoms with E-state index in [4.69, 9.17) is 0 Å². The Balaban J connectivity index is 3.30. The SMILES string of the molecule is CCCC/[C](=C\[S@@](=O)c1ccc(C)cc1)[Sn]([CH2]CCC)([CH2]CCC)[CH2]CCC. The fraction of sp³-hybridized carbons (Fsp3) is 0.680. The summed E-state index contributed by atoms with van der Waals surface area (Å²) in [6.45, 7) is 11.4. The molecule has 3 heteroatoms. The molecule has 0 fully saturated rings. The molecule has 1 aromatic rings. The van der Waals surface area contributed by atoms with Gasteiger partial charge in [-0.25, -0.2) is 0 Å². The maximum absolute atomic E-state index is 13.3. The molecule has 1 atom stereocenters. The molecule has 0 unspecified atom stereocenters. The van der Waals surface area contributed by atoms with Crippen molar-refractivity contribution in [1.82, 2.24) is 0 Å². The monoisotopic (exact) mass is 512 g/mol. The molecule has 28 heavy (non-hydrogen) atoms. The van der Waals surface area contributed by atoms with Gasteiger partial charge in [-0.1, -0.05) is 0 Å². The maximum atomic E-state index is 13.3. The third-order valence-corrected chi connectivity index (χ3v) is 24.1. The molecule has 0 aliphatic rings. The van der Waals surface area contributed by atoms with Crippen molar-refractivity contribution >= 4 is 29.2 Å². The molecule has 0 N–H and O–H groups in total. The Morgan fingerprint density at radius 1 is 0.821 bits per heavy atom. The predicted octanol–water partition coefficient (Wildman–Crippen LogP) is 8.57. The van der Waals surface area contributed by atoms with Crippen molar-refractivity contribution in [2.45, 2.75) is 111 Å². The van der Waals surface area contributed by atoms with E-state index in [-0.39, 0.29) is 0 Å². The van der Waals surface area contributed by atoms with Crippen molar-refractivity contribution in [2.24, 2.45) is 0 Å². The van der Waals surface area contributed by atoms with E-state index < -0.39 is 29.2 Å². The summed E-state index contributed by atoms with van der Waals surface area (Å²) < 4.78 is 19.4. The van der Waals surface area contributed by atoms with Crippen LogP contribution in [-0.4, -0.2) is 22.6 Å². The Morgan fingerprint density at radius 2 is 1.29 bits per heavy atom. The number of aryl methyl sites for hydroxylation is 1. The molecule has 0 amide bonds. The Morgan fingerprint density at radius 3 is 1.71 bits per heavy atom. The summed E-state index contributed by atoms with van der Waals surface area (Å²) in [6.07, 6.45) is 11.6. The first-order chi connectivity index (χ1) is 13.5. The molecule has 0 aromatic heterocycles. The fourth-order valence-corrected chi connectivity index (χ4v) is 24.0. The van der Waals surface area contributed by atoms with E-state index in [1.807, 2.05) is 0 Å². The summed E-state index contributed by atoms with van der Waals surface area (Å²) in [6, 6.07) is 8.30. The second-order valence-corrected chi connectivity index (χ2v) is 23.2. The summed E-state index contributed by atoms with van der Waals surface area (Å²) in [5, 5.41) is 2.25. The Kier molecular flexibility index (Phi) is 13.7.